The first-order valence-corrected chi connectivity index (χ1v) is 6.42. The van der Waals surface area contributed by atoms with Crippen molar-refractivity contribution in [2.75, 3.05) is 32.8 Å². The number of rotatable bonds is 3. The van der Waals surface area contributed by atoms with Crippen LogP contribution in [0.25, 0.3) is 0 Å². The Morgan fingerprint density at radius 1 is 1.35 bits per heavy atom. The summed E-state index contributed by atoms with van der Waals surface area (Å²) < 4.78 is 5.58. The zero-order valence-corrected chi connectivity index (χ0v) is 10.6. The van der Waals surface area contributed by atoms with Crippen LogP contribution in [-0.2, 0) is 9.53 Å². The highest BCUT2D eigenvalue weighted by atomic mass is 16.5. The van der Waals surface area contributed by atoms with Gasteiger partial charge in [-0.3, -0.25) is 14.6 Å². The van der Waals surface area contributed by atoms with E-state index < -0.39 is 5.97 Å². The van der Waals surface area contributed by atoms with Gasteiger partial charge in [0.15, 0.2) is 0 Å². The fourth-order valence-corrected chi connectivity index (χ4v) is 2.81. The van der Waals surface area contributed by atoms with Crippen LogP contribution in [0.3, 0.4) is 0 Å². The van der Waals surface area contributed by atoms with E-state index in [1.165, 1.54) is 0 Å². The lowest BCUT2D eigenvalue weighted by atomic mass is 10.1. The predicted octanol–water partition coefficient (Wildman–Crippen LogP) is 0.255. The molecule has 5 nitrogen and oxygen atoms in total. The lowest BCUT2D eigenvalue weighted by Gasteiger charge is -2.40. The van der Waals surface area contributed by atoms with Crippen molar-refractivity contribution in [3.63, 3.8) is 0 Å². The first kappa shape index (κ1) is 12.8. The third-order valence-electron chi connectivity index (χ3n) is 4.06. The van der Waals surface area contributed by atoms with Crippen molar-refractivity contribution in [1.82, 2.24) is 9.80 Å². The number of ether oxygens (including phenoxy) is 1. The smallest absolute Gasteiger partial charge is 0.320 e. The molecule has 2 aliphatic heterocycles. The average molecular weight is 242 g/mol. The molecule has 2 rings (SSSR count). The molecule has 0 spiro atoms. The summed E-state index contributed by atoms with van der Waals surface area (Å²) >= 11 is 0. The zero-order valence-electron chi connectivity index (χ0n) is 10.6. The van der Waals surface area contributed by atoms with E-state index in [9.17, 15) is 4.79 Å². The number of aliphatic carboxylic acids is 1. The molecule has 0 aromatic heterocycles. The van der Waals surface area contributed by atoms with E-state index in [-0.39, 0.29) is 6.04 Å². The molecule has 3 unspecified atom stereocenters. The summed E-state index contributed by atoms with van der Waals surface area (Å²) in [4.78, 5) is 15.4. The van der Waals surface area contributed by atoms with Gasteiger partial charge in [0.25, 0.3) is 0 Å². The summed E-state index contributed by atoms with van der Waals surface area (Å²) in [7, 11) is 0. The van der Waals surface area contributed by atoms with Gasteiger partial charge in [0.05, 0.1) is 6.10 Å². The largest absolute Gasteiger partial charge is 0.480 e. The molecule has 2 heterocycles. The lowest BCUT2D eigenvalue weighted by molar-refractivity contribution is -0.143. The number of hydrogen-bond acceptors (Lipinski definition) is 4. The molecule has 5 heteroatoms. The van der Waals surface area contributed by atoms with Crippen molar-refractivity contribution >= 4 is 5.97 Å². The second-order valence-electron chi connectivity index (χ2n) is 5.02. The van der Waals surface area contributed by atoms with Crippen molar-refractivity contribution in [3.8, 4) is 0 Å². The Hall–Kier alpha value is -0.650. The molecular weight excluding hydrogens is 220 g/mol. The van der Waals surface area contributed by atoms with Crippen LogP contribution in [0.1, 0.15) is 20.3 Å². The highest BCUT2D eigenvalue weighted by molar-refractivity contribution is 5.72. The molecule has 98 valence electrons. The summed E-state index contributed by atoms with van der Waals surface area (Å²) in [6.07, 6.45) is 1.42. The Labute approximate surface area is 102 Å². The second kappa shape index (κ2) is 5.33. The van der Waals surface area contributed by atoms with Crippen LogP contribution in [0.4, 0.5) is 0 Å². The number of nitrogens with zero attached hydrogens (tertiary/aromatic N) is 2. The van der Waals surface area contributed by atoms with Gasteiger partial charge in [0.1, 0.15) is 6.04 Å². The Morgan fingerprint density at radius 2 is 2.00 bits per heavy atom. The highest BCUT2D eigenvalue weighted by Crippen LogP contribution is 2.21. The van der Waals surface area contributed by atoms with E-state index in [0.717, 1.165) is 39.2 Å². The normalized spacial score (nSPS) is 33.8. The van der Waals surface area contributed by atoms with Gasteiger partial charge in [0.2, 0.25) is 0 Å². The first-order valence-electron chi connectivity index (χ1n) is 6.42. The summed E-state index contributed by atoms with van der Waals surface area (Å²) in [6.45, 7) is 8.35. The van der Waals surface area contributed by atoms with Gasteiger partial charge in [-0.25, -0.2) is 0 Å². The molecule has 2 aliphatic rings. The van der Waals surface area contributed by atoms with Gasteiger partial charge in [-0.05, 0) is 20.3 Å². The summed E-state index contributed by atoms with van der Waals surface area (Å²) in [5.41, 5.74) is 0. The predicted molar refractivity (Wildman–Crippen MR) is 64.1 cm³/mol. The summed E-state index contributed by atoms with van der Waals surface area (Å²) in [5, 5.41) is 8.98. The number of carbonyl (C=O) groups is 1. The average Bonchev–Trinajstić information content (AvgIpc) is 2.74. The summed E-state index contributed by atoms with van der Waals surface area (Å²) in [6, 6.07) is 0.159. The van der Waals surface area contributed by atoms with Gasteiger partial charge >= 0.3 is 5.97 Å². The minimum atomic E-state index is -0.726. The minimum absolute atomic E-state index is 0.318. The molecule has 3 atom stereocenters. The zero-order chi connectivity index (χ0) is 12.4. The van der Waals surface area contributed by atoms with Crippen LogP contribution in [0.5, 0.6) is 0 Å². The third-order valence-corrected chi connectivity index (χ3v) is 4.06. The SMILES string of the molecule is CC1OCCC1N1CCN(C(C)C(=O)O)CC1. The molecule has 0 saturated carbocycles. The molecule has 2 fully saturated rings. The Balaban J connectivity index is 1.83. The Morgan fingerprint density at radius 3 is 2.47 bits per heavy atom. The van der Waals surface area contributed by atoms with Crippen molar-refractivity contribution in [2.45, 2.75) is 38.5 Å². The van der Waals surface area contributed by atoms with E-state index in [1.807, 2.05) is 4.90 Å². The molecule has 1 N–H and O–H groups in total. The molecule has 0 aliphatic carbocycles. The van der Waals surface area contributed by atoms with Crippen LogP contribution in [0.15, 0.2) is 0 Å². The van der Waals surface area contributed by atoms with E-state index in [1.54, 1.807) is 6.92 Å². The molecule has 0 aromatic carbocycles. The monoisotopic (exact) mass is 242 g/mol. The van der Waals surface area contributed by atoms with E-state index in [2.05, 4.69) is 11.8 Å². The van der Waals surface area contributed by atoms with Crippen LogP contribution < -0.4 is 0 Å². The molecule has 2 saturated heterocycles. The molecule has 0 radical (unpaired) electrons. The summed E-state index contributed by atoms with van der Waals surface area (Å²) in [5.74, 6) is -0.726. The van der Waals surface area contributed by atoms with E-state index >= 15 is 0 Å². The Bertz CT molecular complexity index is 277. The standard InChI is InChI=1S/C12H22N2O3/c1-9(12(15)16)13-4-6-14(7-5-13)11-3-8-17-10(11)2/h9-11H,3-8H2,1-2H3,(H,15,16). The number of carboxylic acid groups (broad SMARTS) is 1. The topological polar surface area (TPSA) is 53.0 Å². The van der Waals surface area contributed by atoms with Gasteiger partial charge < -0.3 is 9.84 Å². The van der Waals surface area contributed by atoms with Crippen LogP contribution in [0.2, 0.25) is 0 Å². The lowest BCUT2D eigenvalue weighted by Crippen LogP contribution is -2.55. The fourth-order valence-electron chi connectivity index (χ4n) is 2.81. The minimum Gasteiger partial charge on any atom is -0.480 e. The molecule has 0 bridgehead atoms. The molecular formula is C12H22N2O3. The van der Waals surface area contributed by atoms with E-state index in [4.69, 9.17) is 9.84 Å². The van der Waals surface area contributed by atoms with Gasteiger partial charge in [0, 0.05) is 38.8 Å². The van der Waals surface area contributed by atoms with Crippen LogP contribution in [0, 0.1) is 0 Å². The van der Waals surface area contributed by atoms with Gasteiger partial charge in [-0.15, -0.1) is 0 Å². The van der Waals surface area contributed by atoms with Crippen LogP contribution >= 0.6 is 0 Å². The second-order valence-corrected chi connectivity index (χ2v) is 5.02. The number of piperazine rings is 1. The quantitative estimate of drug-likeness (QED) is 0.769. The van der Waals surface area contributed by atoms with Crippen molar-refractivity contribution in [2.24, 2.45) is 0 Å². The molecule has 17 heavy (non-hydrogen) atoms. The maximum absolute atomic E-state index is 10.9. The highest BCUT2D eigenvalue weighted by Gasteiger charge is 2.33. The van der Waals surface area contributed by atoms with Crippen molar-refractivity contribution in [3.05, 3.63) is 0 Å². The van der Waals surface area contributed by atoms with Gasteiger partial charge in [-0.2, -0.15) is 0 Å². The fraction of sp³-hybridized carbons (Fsp3) is 0.917. The maximum atomic E-state index is 10.9. The van der Waals surface area contributed by atoms with Crippen LogP contribution in [-0.4, -0.2) is 71.8 Å². The molecule has 0 amide bonds. The first-order chi connectivity index (χ1) is 8.09. The maximum Gasteiger partial charge on any atom is 0.320 e. The number of carboxylic acids is 1. The van der Waals surface area contributed by atoms with E-state index in [0.29, 0.717) is 12.1 Å². The molecule has 0 aromatic rings. The van der Waals surface area contributed by atoms with Crippen molar-refractivity contribution < 1.29 is 14.6 Å². The van der Waals surface area contributed by atoms with Crippen molar-refractivity contribution in [1.29, 1.82) is 0 Å². The van der Waals surface area contributed by atoms with Gasteiger partial charge in [-0.1, -0.05) is 0 Å². The third kappa shape index (κ3) is 2.78. The Kier molecular flexibility index (Phi) is 4.01. The number of hydrogen-bond donors (Lipinski definition) is 1.